The molecular formula is C26H32F2N4O7. The highest BCUT2D eigenvalue weighted by Gasteiger charge is 2.63. The van der Waals surface area contributed by atoms with E-state index < -0.39 is 76.8 Å². The van der Waals surface area contributed by atoms with E-state index >= 15 is 0 Å². The number of anilines is 1. The zero-order chi connectivity index (χ0) is 29.1. The molecule has 0 bridgehead atoms. The molecule has 0 fully saturated rings. The molecule has 39 heavy (non-hydrogen) atoms. The number of hydrogen-bond donors (Lipinski definition) is 6. The maximum absolute atomic E-state index is 13.9. The largest absolute Gasteiger partial charge is 0.510 e. The third-order valence-electron chi connectivity index (χ3n) is 7.87. The number of primary amides is 1. The van der Waals surface area contributed by atoms with Crippen LogP contribution in [0.2, 0.25) is 0 Å². The fraction of sp³-hybridized carbons (Fsp3) is 0.500. The minimum atomic E-state index is -2.74. The van der Waals surface area contributed by atoms with Crippen molar-refractivity contribution in [1.29, 1.82) is 0 Å². The SMILES string of the molecule is CN(C)c1cc(CNCC(F)F)c(O)c2c1C[C@H]1C[C@H]3[C@H](N(C)C)C(O)=C(C(N)=O)C(=O)[C@@]3(O)C(O)=C1C2=O. The zero-order valence-corrected chi connectivity index (χ0v) is 22.0. The van der Waals surface area contributed by atoms with Crippen molar-refractivity contribution in [2.75, 3.05) is 39.6 Å². The average molecular weight is 551 g/mol. The van der Waals surface area contributed by atoms with Gasteiger partial charge in [0, 0.05) is 43.4 Å². The van der Waals surface area contributed by atoms with E-state index in [0.29, 0.717) is 11.3 Å². The molecule has 0 aromatic heterocycles. The Bertz CT molecular complexity index is 1320. The lowest BCUT2D eigenvalue weighted by atomic mass is 9.58. The molecule has 1 aromatic rings. The molecule has 0 aliphatic heterocycles. The highest BCUT2D eigenvalue weighted by molar-refractivity contribution is 6.24. The molecule has 212 valence electrons. The first-order valence-corrected chi connectivity index (χ1v) is 12.3. The third-order valence-corrected chi connectivity index (χ3v) is 7.87. The summed E-state index contributed by atoms with van der Waals surface area (Å²) in [5.41, 5.74) is 2.44. The van der Waals surface area contributed by atoms with Crippen molar-refractivity contribution in [3.8, 4) is 5.75 Å². The van der Waals surface area contributed by atoms with Crippen LogP contribution in [0.15, 0.2) is 28.7 Å². The van der Waals surface area contributed by atoms with E-state index in [1.165, 1.54) is 4.90 Å². The first-order chi connectivity index (χ1) is 18.1. The Labute approximate surface area is 223 Å². The number of aromatic hydroxyl groups is 1. The van der Waals surface area contributed by atoms with Crippen molar-refractivity contribution in [1.82, 2.24) is 10.2 Å². The maximum Gasteiger partial charge on any atom is 0.255 e. The van der Waals surface area contributed by atoms with Crippen molar-refractivity contribution >= 4 is 23.2 Å². The van der Waals surface area contributed by atoms with E-state index in [1.807, 2.05) is 0 Å². The van der Waals surface area contributed by atoms with E-state index in [2.05, 4.69) is 5.32 Å². The Balaban J connectivity index is 1.91. The van der Waals surface area contributed by atoms with Crippen LogP contribution in [0.5, 0.6) is 5.75 Å². The Morgan fingerprint density at radius 2 is 1.85 bits per heavy atom. The van der Waals surface area contributed by atoms with Gasteiger partial charge in [-0.25, -0.2) is 8.78 Å². The second-order valence-electron chi connectivity index (χ2n) is 10.6. The number of phenolic OH excluding ortho intramolecular Hbond substituents is 1. The van der Waals surface area contributed by atoms with Crippen LogP contribution in [0.3, 0.4) is 0 Å². The summed E-state index contributed by atoms with van der Waals surface area (Å²) in [6.45, 7) is -0.811. The average Bonchev–Trinajstić information content (AvgIpc) is 2.81. The number of nitrogens with zero attached hydrogens (tertiary/aromatic N) is 2. The van der Waals surface area contributed by atoms with Crippen LogP contribution in [0.4, 0.5) is 14.5 Å². The molecule has 0 saturated carbocycles. The molecule has 0 heterocycles. The number of allylic oxidation sites excluding steroid dienone is 1. The number of amides is 1. The van der Waals surface area contributed by atoms with Gasteiger partial charge in [0.15, 0.2) is 11.4 Å². The summed E-state index contributed by atoms with van der Waals surface area (Å²) in [4.78, 5) is 42.5. The normalized spacial score (nSPS) is 26.6. The number of alkyl halides is 2. The van der Waals surface area contributed by atoms with Gasteiger partial charge in [0.25, 0.3) is 12.3 Å². The van der Waals surface area contributed by atoms with Gasteiger partial charge in [-0.2, -0.15) is 0 Å². The van der Waals surface area contributed by atoms with Crippen LogP contribution < -0.4 is 16.0 Å². The fourth-order valence-electron chi connectivity index (χ4n) is 6.20. The van der Waals surface area contributed by atoms with Crippen LogP contribution in [-0.2, 0) is 22.6 Å². The smallest absolute Gasteiger partial charge is 0.255 e. The number of ketones is 2. The standard InChI is InChI=1S/C26H32F2N4O7/c1-31(2)14-7-11(8-30-9-15(27)28)20(33)17-12(14)5-10-6-13-19(32(3)4)22(35)18(25(29)38)24(37)26(13,39)23(36)16(10)21(17)34/h7,10,13,15,19,30,33,35-36,39H,5-6,8-9H2,1-4H3,(H2,29,38)/t10-,13-,19-,26-/m0/s1. The minimum absolute atomic E-state index is 0.0307. The fourth-order valence-corrected chi connectivity index (χ4v) is 6.20. The van der Waals surface area contributed by atoms with Gasteiger partial charge in [-0.15, -0.1) is 0 Å². The number of benzene rings is 1. The maximum atomic E-state index is 13.9. The number of aliphatic hydroxyl groups excluding tert-OH is 2. The molecule has 13 heteroatoms. The van der Waals surface area contributed by atoms with Crippen LogP contribution >= 0.6 is 0 Å². The van der Waals surface area contributed by atoms with Crippen molar-refractivity contribution in [3.05, 3.63) is 45.4 Å². The van der Waals surface area contributed by atoms with Gasteiger partial charge in [-0.3, -0.25) is 19.3 Å². The van der Waals surface area contributed by atoms with E-state index in [1.54, 1.807) is 39.2 Å². The molecule has 3 aliphatic carbocycles. The summed E-state index contributed by atoms with van der Waals surface area (Å²) < 4.78 is 25.3. The third kappa shape index (κ3) is 4.24. The lowest BCUT2D eigenvalue weighted by Crippen LogP contribution is -2.63. The Morgan fingerprint density at radius 1 is 1.21 bits per heavy atom. The summed E-state index contributed by atoms with van der Waals surface area (Å²) in [6.07, 6.45) is -2.53. The monoisotopic (exact) mass is 550 g/mol. The van der Waals surface area contributed by atoms with Crippen molar-refractivity contribution in [2.24, 2.45) is 17.6 Å². The molecule has 0 saturated heterocycles. The van der Waals surface area contributed by atoms with Crippen molar-refractivity contribution < 1.29 is 43.6 Å². The molecule has 3 aliphatic rings. The van der Waals surface area contributed by atoms with Gasteiger partial charge in [-0.05, 0) is 44.5 Å². The molecule has 7 N–H and O–H groups in total. The number of rotatable bonds is 7. The van der Waals surface area contributed by atoms with E-state index in [0.717, 1.165) is 0 Å². The lowest BCUT2D eigenvalue weighted by Gasteiger charge is -2.50. The molecule has 11 nitrogen and oxygen atoms in total. The van der Waals surface area contributed by atoms with E-state index in [-0.39, 0.29) is 36.1 Å². The van der Waals surface area contributed by atoms with Crippen LogP contribution in [0.1, 0.15) is 27.9 Å². The van der Waals surface area contributed by atoms with Gasteiger partial charge in [0.2, 0.25) is 5.78 Å². The number of aliphatic hydroxyl groups is 3. The number of Topliss-reactive ketones (excluding diaryl/α,β-unsaturated/α-hetero) is 2. The first kappa shape index (κ1) is 28.5. The Morgan fingerprint density at radius 3 is 2.38 bits per heavy atom. The quantitative estimate of drug-likeness (QED) is 0.263. The van der Waals surface area contributed by atoms with Gasteiger partial charge >= 0.3 is 0 Å². The Hall–Kier alpha value is -3.55. The second kappa shape index (κ2) is 9.88. The van der Waals surface area contributed by atoms with Crippen molar-refractivity contribution in [2.45, 2.75) is 37.5 Å². The van der Waals surface area contributed by atoms with Gasteiger partial charge in [-0.1, -0.05) is 0 Å². The number of halogens is 2. The summed E-state index contributed by atoms with van der Waals surface area (Å²) >= 11 is 0. The molecule has 4 atom stereocenters. The number of carbonyl (C=O) groups is 3. The van der Waals surface area contributed by atoms with Gasteiger partial charge in [0.1, 0.15) is 22.8 Å². The number of fused-ring (bicyclic) bond motifs is 3. The highest BCUT2D eigenvalue weighted by atomic mass is 19.3. The molecule has 0 radical (unpaired) electrons. The number of nitrogens with two attached hydrogens (primary N) is 1. The summed E-state index contributed by atoms with van der Waals surface area (Å²) in [6, 6.07) is 0.508. The Kier molecular flexibility index (Phi) is 7.21. The van der Waals surface area contributed by atoms with Gasteiger partial charge < -0.3 is 36.4 Å². The van der Waals surface area contributed by atoms with Gasteiger partial charge in [0.05, 0.1) is 18.2 Å². The molecule has 1 aromatic carbocycles. The zero-order valence-electron chi connectivity index (χ0n) is 22.0. The highest BCUT2D eigenvalue weighted by Crippen LogP contribution is 2.53. The minimum Gasteiger partial charge on any atom is -0.510 e. The van der Waals surface area contributed by atoms with Crippen molar-refractivity contribution in [3.63, 3.8) is 0 Å². The van der Waals surface area contributed by atoms with Crippen LogP contribution in [0.25, 0.3) is 0 Å². The predicted molar refractivity (Wildman–Crippen MR) is 136 cm³/mol. The molecule has 0 spiro atoms. The first-order valence-electron chi connectivity index (χ1n) is 12.3. The molecule has 0 unspecified atom stereocenters. The lowest BCUT2D eigenvalue weighted by molar-refractivity contribution is -0.148. The topological polar surface area (TPSA) is 177 Å². The number of carbonyl (C=O) groups excluding carboxylic acids is 3. The number of phenols is 1. The van der Waals surface area contributed by atoms with Crippen LogP contribution in [0, 0.1) is 11.8 Å². The number of nitrogens with one attached hydrogen (secondary N) is 1. The van der Waals surface area contributed by atoms with Crippen LogP contribution in [-0.4, -0.2) is 95.6 Å². The number of likely N-dealkylation sites (N-methyl/N-ethyl adjacent to an activating group) is 1. The summed E-state index contributed by atoms with van der Waals surface area (Å²) in [7, 11) is 6.54. The second-order valence-corrected chi connectivity index (χ2v) is 10.6. The van der Waals surface area contributed by atoms with E-state index in [9.17, 15) is 43.6 Å². The van der Waals surface area contributed by atoms with E-state index in [4.69, 9.17) is 5.73 Å². The summed E-state index contributed by atoms with van der Waals surface area (Å²) in [5.74, 6) is -7.36. The molecule has 4 rings (SSSR count). The molecular weight excluding hydrogens is 518 g/mol. The summed E-state index contributed by atoms with van der Waals surface area (Å²) in [5, 5.41) is 47.5. The predicted octanol–water partition coefficient (Wildman–Crippen LogP) is 0.541. The molecule has 1 amide bonds. The number of hydrogen-bond acceptors (Lipinski definition) is 10.